The summed E-state index contributed by atoms with van der Waals surface area (Å²) < 4.78 is 18.4. The number of fused-ring (bicyclic) bond motifs is 1. The number of aromatic nitrogens is 2. The number of rotatable bonds is 4. The van der Waals surface area contributed by atoms with Gasteiger partial charge in [0.05, 0.1) is 34.5 Å². The van der Waals surface area contributed by atoms with E-state index < -0.39 is 17.5 Å². The van der Waals surface area contributed by atoms with Crippen molar-refractivity contribution in [3.8, 4) is 34.3 Å². The summed E-state index contributed by atoms with van der Waals surface area (Å²) in [6, 6.07) is 16.8. The van der Waals surface area contributed by atoms with Crippen molar-refractivity contribution in [1.82, 2.24) is 9.97 Å². The van der Waals surface area contributed by atoms with Gasteiger partial charge in [-0.3, -0.25) is 0 Å². The van der Waals surface area contributed by atoms with Gasteiger partial charge in [0, 0.05) is 5.56 Å². The van der Waals surface area contributed by atoms with Gasteiger partial charge in [0.1, 0.15) is 11.9 Å². The summed E-state index contributed by atoms with van der Waals surface area (Å²) in [7, 11) is 0. The van der Waals surface area contributed by atoms with E-state index in [-0.39, 0.29) is 23.3 Å². The number of pyridine rings is 1. The molecule has 0 unspecified atom stereocenters. The maximum atomic E-state index is 13.4. The van der Waals surface area contributed by atoms with Gasteiger partial charge in [-0.05, 0) is 36.8 Å². The number of aromatic hydroxyl groups is 1. The molecule has 30 heavy (non-hydrogen) atoms. The SMILES string of the molecule is CCOC(=O)c1nc(-c2ccccc2)c2[nH]c(-c3ccc(F)cc3)c(C#N)c2c1O. The second-order valence-electron chi connectivity index (χ2n) is 6.49. The highest BCUT2D eigenvalue weighted by atomic mass is 19.1. The highest BCUT2D eigenvalue weighted by Crippen LogP contribution is 2.40. The Balaban J connectivity index is 2.09. The third-order valence-corrected chi connectivity index (χ3v) is 4.68. The zero-order chi connectivity index (χ0) is 21.3. The molecule has 4 aromatic rings. The summed E-state index contributed by atoms with van der Waals surface area (Å²) in [4.78, 5) is 19.9. The van der Waals surface area contributed by atoms with Crippen LogP contribution in [-0.4, -0.2) is 27.7 Å². The summed E-state index contributed by atoms with van der Waals surface area (Å²) in [5, 5.41) is 20.8. The first kappa shape index (κ1) is 19.2. The molecule has 0 bridgehead atoms. The van der Waals surface area contributed by atoms with Gasteiger partial charge in [-0.1, -0.05) is 30.3 Å². The number of ether oxygens (including phenoxy) is 1. The van der Waals surface area contributed by atoms with E-state index in [1.807, 2.05) is 18.2 Å². The molecule has 6 nitrogen and oxygen atoms in total. The first-order valence-corrected chi connectivity index (χ1v) is 9.22. The molecule has 0 spiro atoms. The van der Waals surface area contributed by atoms with E-state index in [2.05, 4.69) is 16.0 Å². The lowest BCUT2D eigenvalue weighted by Gasteiger charge is -2.09. The van der Waals surface area contributed by atoms with E-state index in [1.54, 1.807) is 19.1 Å². The number of esters is 1. The van der Waals surface area contributed by atoms with E-state index in [0.29, 0.717) is 28.0 Å². The highest BCUT2D eigenvalue weighted by Gasteiger charge is 2.26. The molecule has 2 aromatic heterocycles. The first-order chi connectivity index (χ1) is 14.5. The Morgan fingerprint density at radius 1 is 1.17 bits per heavy atom. The van der Waals surface area contributed by atoms with Gasteiger partial charge in [-0.25, -0.2) is 14.2 Å². The van der Waals surface area contributed by atoms with Crippen LogP contribution in [0.3, 0.4) is 0 Å². The van der Waals surface area contributed by atoms with Crippen LogP contribution in [0.25, 0.3) is 33.4 Å². The minimum atomic E-state index is -0.789. The molecular formula is C23H16FN3O3. The van der Waals surface area contributed by atoms with Gasteiger partial charge in [0.25, 0.3) is 0 Å². The highest BCUT2D eigenvalue weighted by molar-refractivity contribution is 6.08. The Bertz CT molecular complexity index is 1290. The predicted molar refractivity (Wildman–Crippen MR) is 109 cm³/mol. The fraction of sp³-hybridized carbons (Fsp3) is 0.0870. The van der Waals surface area contributed by atoms with Crippen LogP contribution in [0.5, 0.6) is 5.75 Å². The number of benzene rings is 2. The lowest BCUT2D eigenvalue weighted by molar-refractivity contribution is 0.0516. The van der Waals surface area contributed by atoms with E-state index >= 15 is 0 Å². The van der Waals surface area contributed by atoms with Crippen molar-refractivity contribution < 1.29 is 19.0 Å². The van der Waals surface area contributed by atoms with Crippen LogP contribution in [0.2, 0.25) is 0 Å². The molecule has 0 aliphatic heterocycles. The number of aromatic amines is 1. The third kappa shape index (κ3) is 3.14. The van der Waals surface area contributed by atoms with E-state index in [0.717, 1.165) is 0 Å². The van der Waals surface area contributed by atoms with Crippen molar-refractivity contribution in [3.63, 3.8) is 0 Å². The van der Waals surface area contributed by atoms with Crippen molar-refractivity contribution in [2.75, 3.05) is 6.61 Å². The van der Waals surface area contributed by atoms with E-state index in [9.17, 15) is 19.6 Å². The molecule has 7 heteroatoms. The normalized spacial score (nSPS) is 10.7. The van der Waals surface area contributed by atoms with Gasteiger partial charge < -0.3 is 14.8 Å². The molecule has 2 heterocycles. The monoisotopic (exact) mass is 401 g/mol. The van der Waals surface area contributed by atoms with Crippen LogP contribution in [0.4, 0.5) is 4.39 Å². The Morgan fingerprint density at radius 3 is 2.50 bits per heavy atom. The van der Waals surface area contributed by atoms with Gasteiger partial charge in [-0.15, -0.1) is 0 Å². The standard InChI is InChI=1S/C23H16FN3O3/c1-2-30-23(29)21-22(28)17-16(12-25)18(14-8-10-15(24)11-9-14)26-20(17)19(27-21)13-6-4-3-5-7-13/h3-11,26,28H,2H2,1H3. The van der Waals surface area contributed by atoms with Crippen LogP contribution >= 0.6 is 0 Å². The average molecular weight is 401 g/mol. The fourth-order valence-electron chi connectivity index (χ4n) is 3.35. The van der Waals surface area contributed by atoms with E-state index in [4.69, 9.17) is 4.74 Å². The van der Waals surface area contributed by atoms with Gasteiger partial charge in [0.2, 0.25) is 0 Å². The Hall–Kier alpha value is -4.18. The Morgan fingerprint density at radius 2 is 1.87 bits per heavy atom. The molecular weight excluding hydrogens is 385 g/mol. The molecule has 0 amide bonds. The van der Waals surface area contributed by atoms with Crippen molar-refractivity contribution in [1.29, 1.82) is 5.26 Å². The maximum Gasteiger partial charge on any atom is 0.360 e. The lowest BCUT2D eigenvalue weighted by Crippen LogP contribution is -2.08. The van der Waals surface area contributed by atoms with Crippen molar-refractivity contribution in [2.24, 2.45) is 0 Å². The second-order valence-corrected chi connectivity index (χ2v) is 6.49. The van der Waals surface area contributed by atoms with Crippen molar-refractivity contribution in [2.45, 2.75) is 6.92 Å². The maximum absolute atomic E-state index is 13.4. The molecule has 2 aromatic carbocycles. The topological polar surface area (TPSA) is 99.0 Å². The molecule has 148 valence electrons. The number of nitrogens with zero attached hydrogens (tertiary/aromatic N) is 2. The van der Waals surface area contributed by atoms with E-state index in [1.165, 1.54) is 24.3 Å². The number of halogens is 1. The minimum absolute atomic E-state index is 0.109. The molecule has 0 saturated heterocycles. The molecule has 0 fully saturated rings. The Labute approximate surface area is 171 Å². The van der Waals surface area contributed by atoms with Crippen LogP contribution in [0.1, 0.15) is 23.0 Å². The number of carbonyl (C=O) groups is 1. The quantitative estimate of drug-likeness (QED) is 0.479. The summed E-state index contributed by atoms with van der Waals surface area (Å²) in [5.74, 6) is -1.64. The lowest BCUT2D eigenvalue weighted by atomic mass is 10.0. The van der Waals surface area contributed by atoms with Gasteiger partial charge in [-0.2, -0.15) is 5.26 Å². The fourth-order valence-corrected chi connectivity index (χ4v) is 3.35. The third-order valence-electron chi connectivity index (χ3n) is 4.68. The van der Waals surface area contributed by atoms with Crippen molar-refractivity contribution >= 4 is 16.9 Å². The minimum Gasteiger partial charge on any atom is -0.505 e. The molecule has 2 N–H and O–H groups in total. The Kier molecular flexibility index (Phi) is 4.90. The molecule has 0 aliphatic rings. The van der Waals surface area contributed by atoms with Gasteiger partial charge >= 0.3 is 5.97 Å². The average Bonchev–Trinajstić information content (AvgIpc) is 3.15. The number of carbonyl (C=O) groups excluding carboxylic acids is 1. The zero-order valence-corrected chi connectivity index (χ0v) is 15.9. The summed E-state index contributed by atoms with van der Waals surface area (Å²) >= 11 is 0. The molecule has 0 saturated carbocycles. The summed E-state index contributed by atoms with van der Waals surface area (Å²) in [5.41, 5.74) is 2.26. The van der Waals surface area contributed by atoms with Crippen LogP contribution in [0.15, 0.2) is 54.6 Å². The first-order valence-electron chi connectivity index (χ1n) is 9.22. The predicted octanol–water partition coefficient (Wildman–Crippen LogP) is 4.79. The van der Waals surface area contributed by atoms with Crippen molar-refractivity contribution in [3.05, 3.63) is 71.7 Å². The summed E-state index contributed by atoms with van der Waals surface area (Å²) in [6.45, 7) is 1.76. The summed E-state index contributed by atoms with van der Waals surface area (Å²) in [6.07, 6.45) is 0. The molecule has 4 rings (SSSR count). The number of hydrogen-bond donors (Lipinski definition) is 2. The number of H-pyrrole nitrogens is 1. The van der Waals surface area contributed by atoms with Gasteiger partial charge in [0.15, 0.2) is 11.4 Å². The van der Waals surface area contributed by atoms with Crippen LogP contribution in [-0.2, 0) is 4.74 Å². The zero-order valence-electron chi connectivity index (χ0n) is 15.9. The number of hydrogen-bond acceptors (Lipinski definition) is 5. The molecule has 0 aliphatic carbocycles. The van der Waals surface area contributed by atoms with Crippen LogP contribution in [0, 0.1) is 17.1 Å². The number of nitrogens with one attached hydrogen (secondary N) is 1. The largest absolute Gasteiger partial charge is 0.505 e. The van der Waals surface area contributed by atoms with Crippen LogP contribution < -0.4 is 0 Å². The number of nitriles is 1. The molecule has 0 atom stereocenters. The smallest absolute Gasteiger partial charge is 0.360 e. The molecule has 0 radical (unpaired) electrons. The second kappa shape index (κ2) is 7.68.